The van der Waals surface area contributed by atoms with Crippen molar-refractivity contribution >= 4 is 11.9 Å². The van der Waals surface area contributed by atoms with Crippen molar-refractivity contribution in [1.29, 1.82) is 0 Å². The molecule has 0 saturated carbocycles. The molecule has 0 unspecified atom stereocenters. The van der Waals surface area contributed by atoms with Crippen LogP contribution in [0.4, 0.5) is 4.79 Å². The topological polar surface area (TPSA) is 46.6 Å². The predicted octanol–water partition coefficient (Wildman–Crippen LogP) is 3.40. The van der Waals surface area contributed by atoms with Crippen LogP contribution in [-0.2, 0) is 16.1 Å². The fourth-order valence-corrected chi connectivity index (χ4v) is 1.75. The lowest BCUT2D eigenvalue weighted by Gasteiger charge is -2.21. The number of amides is 1. The number of carbonyl (C=O) groups is 2. The zero-order valence-electron chi connectivity index (χ0n) is 12.3. The van der Waals surface area contributed by atoms with E-state index in [0.29, 0.717) is 19.5 Å². The molecule has 0 aliphatic carbocycles. The zero-order chi connectivity index (χ0) is 14.8. The molecule has 0 radical (unpaired) electrons. The van der Waals surface area contributed by atoms with E-state index in [9.17, 15) is 9.59 Å². The average Bonchev–Trinajstić information content (AvgIpc) is 2.45. The van der Waals surface area contributed by atoms with Crippen molar-refractivity contribution in [2.24, 2.45) is 0 Å². The standard InChI is InChI=1S/C16H23NO3/c1-3-4-11-17(12-10-14(2)18)16(19)20-13-15-8-6-5-7-9-15/h5-9H,3-4,10-13H2,1-2H3. The molecule has 4 nitrogen and oxygen atoms in total. The fourth-order valence-electron chi connectivity index (χ4n) is 1.75. The maximum absolute atomic E-state index is 12.0. The fraction of sp³-hybridized carbons (Fsp3) is 0.500. The summed E-state index contributed by atoms with van der Waals surface area (Å²) < 4.78 is 5.30. The number of rotatable bonds is 8. The second-order valence-corrected chi connectivity index (χ2v) is 4.83. The third-order valence-corrected chi connectivity index (χ3v) is 2.98. The number of hydrogen-bond acceptors (Lipinski definition) is 3. The molecule has 0 aromatic heterocycles. The van der Waals surface area contributed by atoms with Crippen LogP contribution in [0.2, 0.25) is 0 Å². The summed E-state index contributed by atoms with van der Waals surface area (Å²) in [5, 5.41) is 0. The Bertz CT molecular complexity index is 417. The molecular formula is C16H23NO3. The lowest BCUT2D eigenvalue weighted by molar-refractivity contribution is -0.117. The van der Waals surface area contributed by atoms with Crippen molar-refractivity contribution in [2.75, 3.05) is 13.1 Å². The molecule has 0 N–H and O–H groups in total. The molecule has 20 heavy (non-hydrogen) atoms. The van der Waals surface area contributed by atoms with Crippen molar-refractivity contribution < 1.29 is 14.3 Å². The summed E-state index contributed by atoms with van der Waals surface area (Å²) >= 11 is 0. The predicted molar refractivity (Wildman–Crippen MR) is 78.4 cm³/mol. The molecule has 0 heterocycles. The molecule has 1 amide bonds. The summed E-state index contributed by atoms with van der Waals surface area (Å²) in [6.45, 7) is 4.94. The summed E-state index contributed by atoms with van der Waals surface area (Å²) in [6, 6.07) is 9.58. The van der Waals surface area contributed by atoms with E-state index in [2.05, 4.69) is 6.92 Å². The normalized spacial score (nSPS) is 10.1. The highest BCUT2D eigenvalue weighted by Crippen LogP contribution is 2.05. The molecule has 110 valence electrons. The maximum Gasteiger partial charge on any atom is 0.410 e. The van der Waals surface area contributed by atoms with Crippen molar-refractivity contribution in [3.05, 3.63) is 35.9 Å². The van der Waals surface area contributed by atoms with Crippen molar-refractivity contribution in [3.8, 4) is 0 Å². The summed E-state index contributed by atoms with van der Waals surface area (Å²) in [4.78, 5) is 24.7. The lowest BCUT2D eigenvalue weighted by Crippen LogP contribution is -2.34. The van der Waals surface area contributed by atoms with Gasteiger partial charge in [-0.15, -0.1) is 0 Å². The first kappa shape index (κ1) is 16.2. The van der Waals surface area contributed by atoms with Crippen LogP contribution in [0.3, 0.4) is 0 Å². The van der Waals surface area contributed by atoms with Gasteiger partial charge in [-0.1, -0.05) is 43.7 Å². The first-order valence-electron chi connectivity index (χ1n) is 7.08. The van der Waals surface area contributed by atoms with Crippen LogP contribution in [0.5, 0.6) is 0 Å². The molecule has 1 aromatic carbocycles. The second-order valence-electron chi connectivity index (χ2n) is 4.83. The minimum Gasteiger partial charge on any atom is -0.445 e. The number of ether oxygens (including phenoxy) is 1. The molecule has 0 saturated heterocycles. The van der Waals surface area contributed by atoms with Gasteiger partial charge in [-0.25, -0.2) is 4.79 Å². The summed E-state index contributed by atoms with van der Waals surface area (Å²) in [5.41, 5.74) is 0.961. The Balaban J connectivity index is 2.46. The van der Waals surface area contributed by atoms with Crippen molar-refractivity contribution in [2.45, 2.75) is 39.7 Å². The SMILES string of the molecule is CCCCN(CCC(C)=O)C(=O)OCc1ccccc1. The highest BCUT2D eigenvalue weighted by atomic mass is 16.6. The first-order chi connectivity index (χ1) is 9.63. The smallest absolute Gasteiger partial charge is 0.410 e. The van der Waals surface area contributed by atoms with E-state index < -0.39 is 0 Å². The lowest BCUT2D eigenvalue weighted by atomic mass is 10.2. The Kier molecular flexibility index (Phi) is 7.40. The summed E-state index contributed by atoms with van der Waals surface area (Å²) in [6.07, 6.45) is 1.95. The number of unbranched alkanes of at least 4 members (excludes halogenated alkanes) is 1. The van der Waals surface area contributed by atoms with E-state index >= 15 is 0 Å². The van der Waals surface area contributed by atoms with Gasteiger partial charge in [-0.05, 0) is 18.9 Å². The molecule has 0 aliphatic rings. The number of nitrogens with zero attached hydrogens (tertiary/aromatic N) is 1. The van der Waals surface area contributed by atoms with Crippen molar-refractivity contribution in [1.82, 2.24) is 4.90 Å². The third-order valence-electron chi connectivity index (χ3n) is 2.98. The number of hydrogen-bond donors (Lipinski definition) is 0. The monoisotopic (exact) mass is 277 g/mol. The van der Waals surface area contributed by atoms with Gasteiger partial charge >= 0.3 is 6.09 Å². The van der Waals surface area contributed by atoms with E-state index in [1.807, 2.05) is 30.3 Å². The minimum absolute atomic E-state index is 0.0855. The molecule has 0 fully saturated rings. The zero-order valence-corrected chi connectivity index (χ0v) is 12.3. The Labute approximate surface area is 120 Å². The van der Waals surface area contributed by atoms with Gasteiger partial charge in [0.2, 0.25) is 0 Å². The van der Waals surface area contributed by atoms with E-state index in [0.717, 1.165) is 18.4 Å². The molecule has 1 rings (SSSR count). The minimum atomic E-state index is -0.344. The largest absolute Gasteiger partial charge is 0.445 e. The van der Waals surface area contributed by atoms with E-state index in [-0.39, 0.29) is 18.5 Å². The van der Waals surface area contributed by atoms with Gasteiger partial charge in [-0.2, -0.15) is 0 Å². The van der Waals surface area contributed by atoms with E-state index in [1.54, 1.807) is 4.90 Å². The Morgan fingerprint density at radius 2 is 1.85 bits per heavy atom. The van der Waals surface area contributed by atoms with Crippen LogP contribution in [-0.4, -0.2) is 29.9 Å². The van der Waals surface area contributed by atoms with Crippen LogP contribution in [0, 0.1) is 0 Å². The maximum atomic E-state index is 12.0. The molecular weight excluding hydrogens is 254 g/mol. The van der Waals surface area contributed by atoms with Gasteiger partial charge in [0.05, 0.1) is 0 Å². The highest BCUT2D eigenvalue weighted by molar-refractivity contribution is 5.76. The number of carbonyl (C=O) groups excluding carboxylic acids is 2. The molecule has 0 bridgehead atoms. The Morgan fingerprint density at radius 1 is 1.15 bits per heavy atom. The van der Waals surface area contributed by atoms with Gasteiger partial charge in [0.15, 0.2) is 0 Å². The van der Waals surface area contributed by atoms with Crippen LogP contribution >= 0.6 is 0 Å². The van der Waals surface area contributed by atoms with E-state index in [4.69, 9.17) is 4.74 Å². The van der Waals surface area contributed by atoms with E-state index in [1.165, 1.54) is 6.92 Å². The molecule has 0 aliphatic heterocycles. The molecule has 4 heteroatoms. The number of ketones is 1. The molecule has 1 aromatic rings. The Morgan fingerprint density at radius 3 is 2.45 bits per heavy atom. The Hall–Kier alpha value is -1.84. The van der Waals surface area contributed by atoms with Gasteiger partial charge in [-0.3, -0.25) is 4.79 Å². The van der Waals surface area contributed by atoms with Crippen LogP contribution in [0.25, 0.3) is 0 Å². The van der Waals surface area contributed by atoms with Gasteiger partial charge in [0.1, 0.15) is 12.4 Å². The number of Topliss-reactive ketones (excluding diaryl/α,β-unsaturated/α-hetero) is 1. The number of benzene rings is 1. The second kappa shape index (κ2) is 9.13. The van der Waals surface area contributed by atoms with Crippen LogP contribution < -0.4 is 0 Å². The summed E-state index contributed by atoms with van der Waals surface area (Å²) in [7, 11) is 0. The van der Waals surface area contributed by atoms with Crippen LogP contribution in [0.1, 0.15) is 38.7 Å². The van der Waals surface area contributed by atoms with Gasteiger partial charge < -0.3 is 9.64 Å². The molecule has 0 atom stereocenters. The third kappa shape index (κ3) is 6.36. The highest BCUT2D eigenvalue weighted by Gasteiger charge is 2.15. The van der Waals surface area contributed by atoms with Crippen molar-refractivity contribution in [3.63, 3.8) is 0 Å². The average molecular weight is 277 g/mol. The van der Waals surface area contributed by atoms with Crippen LogP contribution in [0.15, 0.2) is 30.3 Å². The van der Waals surface area contributed by atoms with Gasteiger partial charge in [0, 0.05) is 19.5 Å². The quantitative estimate of drug-likeness (QED) is 0.731. The van der Waals surface area contributed by atoms with Gasteiger partial charge in [0.25, 0.3) is 0 Å². The molecule has 0 spiro atoms. The summed E-state index contributed by atoms with van der Waals surface area (Å²) in [5.74, 6) is 0.0855. The first-order valence-corrected chi connectivity index (χ1v) is 7.08.